The second-order valence-electron chi connectivity index (χ2n) is 4.25. The third-order valence-electron chi connectivity index (χ3n) is 2.67. The molecule has 2 rings (SSSR count). The SMILES string of the molecule is COc1ccc(NC(=S)NNC(=S)Nc2ccccc2)cc1. The maximum Gasteiger partial charge on any atom is 0.189 e. The molecule has 0 aliphatic rings. The van der Waals surface area contributed by atoms with Gasteiger partial charge in [0.25, 0.3) is 0 Å². The number of hydrogen-bond donors (Lipinski definition) is 4. The Hall–Kier alpha value is -2.38. The van der Waals surface area contributed by atoms with Crippen LogP contribution in [0.2, 0.25) is 0 Å². The largest absolute Gasteiger partial charge is 0.497 e. The van der Waals surface area contributed by atoms with Crippen molar-refractivity contribution in [1.29, 1.82) is 0 Å². The Balaban J connectivity index is 1.76. The molecule has 0 amide bonds. The summed E-state index contributed by atoms with van der Waals surface area (Å²) < 4.78 is 5.10. The van der Waals surface area contributed by atoms with Crippen LogP contribution in [-0.4, -0.2) is 17.3 Å². The fourth-order valence-electron chi connectivity index (χ4n) is 1.63. The molecular weight excluding hydrogens is 316 g/mol. The predicted octanol–water partition coefficient (Wildman–Crippen LogP) is 2.88. The molecule has 0 fully saturated rings. The predicted molar refractivity (Wildman–Crippen MR) is 98.1 cm³/mol. The van der Waals surface area contributed by atoms with E-state index in [1.807, 2.05) is 54.6 Å². The quantitative estimate of drug-likeness (QED) is 0.509. The van der Waals surface area contributed by atoms with Crippen molar-refractivity contribution >= 4 is 46.0 Å². The second kappa shape index (κ2) is 8.16. The molecule has 0 unspecified atom stereocenters. The van der Waals surface area contributed by atoms with E-state index >= 15 is 0 Å². The Bertz CT molecular complexity index is 632. The Morgan fingerprint density at radius 2 is 1.27 bits per heavy atom. The number of benzene rings is 2. The van der Waals surface area contributed by atoms with E-state index in [1.165, 1.54) is 0 Å². The molecule has 0 heterocycles. The number of hydrazine groups is 1. The average Bonchev–Trinajstić information content (AvgIpc) is 2.55. The van der Waals surface area contributed by atoms with Gasteiger partial charge < -0.3 is 15.4 Å². The minimum Gasteiger partial charge on any atom is -0.497 e. The molecule has 2 aromatic rings. The molecular formula is C15H16N4OS2. The number of para-hydroxylation sites is 1. The first-order valence-corrected chi connectivity index (χ1v) is 7.32. The topological polar surface area (TPSA) is 57.4 Å². The summed E-state index contributed by atoms with van der Waals surface area (Å²) in [6.45, 7) is 0. The average molecular weight is 332 g/mol. The van der Waals surface area contributed by atoms with Crippen LogP contribution in [0.15, 0.2) is 54.6 Å². The number of ether oxygens (including phenoxy) is 1. The highest BCUT2D eigenvalue weighted by Crippen LogP contribution is 2.14. The van der Waals surface area contributed by atoms with Gasteiger partial charge in [0, 0.05) is 11.4 Å². The zero-order valence-electron chi connectivity index (χ0n) is 11.9. The summed E-state index contributed by atoms with van der Waals surface area (Å²) in [5.74, 6) is 0.788. The van der Waals surface area contributed by atoms with Gasteiger partial charge in [0.05, 0.1) is 7.11 Å². The molecule has 0 aromatic heterocycles. The molecule has 7 heteroatoms. The fraction of sp³-hybridized carbons (Fsp3) is 0.0667. The molecule has 0 aliphatic heterocycles. The third-order valence-corrected chi connectivity index (χ3v) is 3.08. The van der Waals surface area contributed by atoms with Gasteiger partial charge in [-0.2, -0.15) is 0 Å². The molecule has 0 spiro atoms. The van der Waals surface area contributed by atoms with Crippen molar-refractivity contribution < 1.29 is 4.74 Å². The lowest BCUT2D eigenvalue weighted by Gasteiger charge is -2.14. The van der Waals surface area contributed by atoms with Crippen LogP contribution < -0.4 is 26.2 Å². The molecule has 0 bridgehead atoms. The van der Waals surface area contributed by atoms with E-state index in [-0.39, 0.29) is 0 Å². The number of nitrogens with one attached hydrogen (secondary N) is 4. The van der Waals surface area contributed by atoms with Gasteiger partial charge in [0.2, 0.25) is 0 Å². The molecule has 2 aromatic carbocycles. The van der Waals surface area contributed by atoms with Gasteiger partial charge in [-0.05, 0) is 60.8 Å². The molecule has 0 radical (unpaired) electrons. The van der Waals surface area contributed by atoms with Gasteiger partial charge in [-0.3, -0.25) is 10.9 Å². The lowest BCUT2D eigenvalue weighted by Crippen LogP contribution is -2.45. The van der Waals surface area contributed by atoms with Crippen molar-refractivity contribution in [2.24, 2.45) is 0 Å². The summed E-state index contributed by atoms with van der Waals surface area (Å²) in [6, 6.07) is 17.1. The molecule has 0 saturated heterocycles. The minimum absolute atomic E-state index is 0.405. The highest BCUT2D eigenvalue weighted by atomic mass is 32.1. The summed E-state index contributed by atoms with van der Waals surface area (Å²) in [5, 5.41) is 6.88. The van der Waals surface area contributed by atoms with Gasteiger partial charge in [-0.25, -0.2) is 0 Å². The molecule has 4 N–H and O–H groups in total. The number of anilines is 2. The molecule has 0 aliphatic carbocycles. The van der Waals surface area contributed by atoms with E-state index in [1.54, 1.807) is 7.11 Å². The lowest BCUT2D eigenvalue weighted by atomic mass is 10.3. The van der Waals surface area contributed by atoms with E-state index < -0.39 is 0 Å². The van der Waals surface area contributed by atoms with Crippen LogP contribution in [0.3, 0.4) is 0 Å². The van der Waals surface area contributed by atoms with Crippen LogP contribution in [0.25, 0.3) is 0 Å². The van der Waals surface area contributed by atoms with Crippen LogP contribution in [0, 0.1) is 0 Å². The molecule has 22 heavy (non-hydrogen) atoms. The second-order valence-corrected chi connectivity index (χ2v) is 5.07. The van der Waals surface area contributed by atoms with Crippen LogP contribution in [0.5, 0.6) is 5.75 Å². The van der Waals surface area contributed by atoms with E-state index in [0.29, 0.717) is 10.2 Å². The maximum absolute atomic E-state index is 5.18. The molecule has 5 nitrogen and oxygen atoms in total. The van der Waals surface area contributed by atoms with E-state index in [0.717, 1.165) is 17.1 Å². The van der Waals surface area contributed by atoms with Gasteiger partial charge >= 0.3 is 0 Å². The first kappa shape index (κ1) is 16.0. The molecule has 0 saturated carbocycles. The lowest BCUT2D eigenvalue weighted by molar-refractivity contribution is 0.415. The first-order chi connectivity index (χ1) is 10.7. The van der Waals surface area contributed by atoms with Crippen LogP contribution >= 0.6 is 24.4 Å². The number of hydrogen-bond acceptors (Lipinski definition) is 3. The van der Waals surface area contributed by atoms with Gasteiger partial charge in [-0.15, -0.1) is 0 Å². The maximum atomic E-state index is 5.18. The van der Waals surface area contributed by atoms with Crippen molar-refractivity contribution in [1.82, 2.24) is 10.9 Å². The monoisotopic (exact) mass is 332 g/mol. The molecule has 0 atom stereocenters. The summed E-state index contributed by atoms with van der Waals surface area (Å²) in [4.78, 5) is 0. The Morgan fingerprint density at radius 1 is 0.773 bits per heavy atom. The highest BCUT2D eigenvalue weighted by molar-refractivity contribution is 7.81. The smallest absolute Gasteiger partial charge is 0.189 e. The Labute approximate surface area is 140 Å². The van der Waals surface area contributed by atoms with E-state index in [9.17, 15) is 0 Å². The van der Waals surface area contributed by atoms with Gasteiger partial charge in [0.15, 0.2) is 10.2 Å². The summed E-state index contributed by atoms with van der Waals surface area (Å²) in [5.41, 5.74) is 7.38. The van der Waals surface area contributed by atoms with Gasteiger partial charge in [-0.1, -0.05) is 18.2 Å². The number of thiocarbonyl (C=S) groups is 2. The Kier molecular flexibility index (Phi) is 5.93. The van der Waals surface area contributed by atoms with E-state index in [4.69, 9.17) is 29.2 Å². The normalized spacial score (nSPS) is 9.50. The fourth-order valence-corrected chi connectivity index (χ4v) is 1.97. The van der Waals surface area contributed by atoms with Crippen molar-refractivity contribution in [3.05, 3.63) is 54.6 Å². The summed E-state index contributed by atoms with van der Waals surface area (Å²) in [7, 11) is 1.62. The summed E-state index contributed by atoms with van der Waals surface area (Å²) >= 11 is 10.3. The molecule has 114 valence electrons. The zero-order chi connectivity index (χ0) is 15.8. The third kappa shape index (κ3) is 5.19. The zero-order valence-corrected chi connectivity index (χ0v) is 13.6. The van der Waals surface area contributed by atoms with E-state index in [2.05, 4.69) is 21.5 Å². The highest BCUT2D eigenvalue weighted by Gasteiger charge is 2.00. The number of rotatable bonds is 3. The first-order valence-electron chi connectivity index (χ1n) is 6.50. The van der Waals surface area contributed by atoms with Crippen molar-refractivity contribution in [2.75, 3.05) is 17.7 Å². The van der Waals surface area contributed by atoms with Crippen molar-refractivity contribution in [2.45, 2.75) is 0 Å². The Morgan fingerprint density at radius 3 is 1.77 bits per heavy atom. The minimum atomic E-state index is 0.405. The van der Waals surface area contributed by atoms with Crippen LogP contribution in [-0.2, 0) is 0 Å². The standard InChI is InChI=1S/C15H16N4OS2/c1-20-13-9-7-12(8-10-13)17-15(22)19-18-14(21)16-11-5-3-2-4-6-11/h2-10H,1H3,(H2,16,18,21)(H2,17,19,22). The summed E-state index contributed by atoms with van der Waals surface area (Å²) in [6.07, 6.45) is 0. The van der Waals surface area contributed by atoms with Crippen molar-refractivity contribution in [3.8, 4) is 5.75 Å². The van der Waals surface area contributed by atoms with Crippen LogP contribution in [0.4, 0.5) is 11.4 Å². The number of methoxy groups -OCH3 is 1. The van der Waals surface area contributed by atoms with Crippen LogP contribution in [0.1, 0.15) is 0 Å². The van der Waals surface area contributed by atoms with Gasteiger partial charge in [0.1, 0.15) is 5.75 Å². The van der Waals surface area contributed by atoms with Crippen molar-refractivity contribution in [3.63, 3.8) is 0 Å².